The van der Waals surface area contributed by atoms with Gasteiger partial charge in [-0.2, -0.15) is 0 Å². The predicted molar refractivity (Wildman–Crippen MR) is 100 cm³/mol. The van der Waals surface area contributed by atoms with Crippen LogP contribution in [0, 0.1) is 5.92 Å². The average molecular weight is 366 g/mol. The topological polar surface area (TPSA) is 86.7 Å². The number of carboxylic acid groups (broad SMARTS) is 1. The molecule has 140 valence electrons. The van der Waals surface area contributed by atoms with Gasteiger partial charge in [0.2, 0.25) is 5.91 Å². The number of carbonyl (C=O) groups excluding carboxylic acids is 2. The van der Waals surface area contributed by atoms with Crippen molar-refractivity contribution in [2.75, 3.05) is 13.1 Å². The van der Waals surface area contributed by atoms with Crippen molar-refractivity contribution >= 4 is 17.8 Å². The van der Waals surface area contributed by atoms with Crippen molar-refractivity contribution in [1.29, 1.82) is 0 Å². The molecule has 27 heavy (non-hydrogen) atoms. The van der Waals surface area contributed by atoms with E-state index in [2.05, 4.69) is 5.32 Å². The van der Waals surface area contributed by atoms with E-state index in [1.54, 1.807) is 4.90 Å². The van der Waals surface area contributed by atoms with Crippen molar-refractivity contribution in [3.05, 3.63) is 71.3 Å². The molecule has 1 aliphatic heterocycles. The first-order valence-electron chi connectivity index (χ1n) is 8.99. The number of nitrogens with one attached hydrogen (secondary N) is 1. The zero-order valence-corrected chi connectivity index (χ0v) is 14.9. The Morgan fingerprint density at radius 1 is 0.926 bits per heavy atom. The van der Waals surface area contributed by atoms with E-state index >= 15 is 0 Å². The zero-order valence-electron chi connectivity index (χ0n) is 14.9. The highest BCUT2D eigenvalue weighted by Crippen LogP contribution is 2.20. The summed E-state index contributed by atoms with van der Waals surface area (Å²) in [7, 11) is 0. The molecule has 0 spiro atoms. The zero-order chi connectivity index (χ0) is 19.2. The molecule has 6 nitrogen and oxygen atoms in total. The van der Waals surface area contributed by atoms with Gasteiger partial charge in [-0.1, -0.05) is 30.3 Å². The molecule has 1 fully saturated rings. The number of carbonyl (C=O) groups is 3. The van der Waals surface area contributed by atoms with Crippen LogP contribution in [-0.4, -0.2) is 40.9 Å². The van der Waals surface area contributed by atoms with Crippen LogP contribution in [-0.2, 0) is 11.3 Å². The molecular weight excluding hydrogens is 344 g/mol. The van der Waals surface area contributed by atoms with E-state index in [1.165, 1.54) is 24.3 Å². The molecule has 0 saturated carbocycles. The summed E-state index contributed by atoms with van der Waals surface area (Å²) in [4.78, 5) is 37.5. The lowest BCUT2D eigenvalue weighted by atomic mass is 9.95. The van der Waals surface area contributed by atoms with E-state index in [4.69, 9.17) is 5.11 Å². The quantitative estimate of drug-likeness (QED) is 0.851. The molecule has 1 heterocycles. The molecule has 0 aliphatic carbocycles. The highest BCUT2D eigenvalue weighted by atomic mass is 16.4. The first kappa shape index (κ1) is 18.6. The number of likely N-dealkylation sites (tertiary alicyclic amines) is 1. The summed E-state index contributed by atoms with van der Waals surface area (Å²) in [5, 5.41) is 11.9. The van der Waals surface area contributed by atoms with Crippen LogP contribution >= 0.6 is 0 Å². The maximum Gasteiger partial charge on any atom is 0.335 e. The molecule has 0 aromatic heterocycles. The molecule has 6 heteroatoms. The minimum atomic E-state index is -1.02. The second-order valence-corrected chi connectivity index (χ2v) is 6.65. The Morgan fingerprint density at radius 3 is 2.11 bits per heavy atom. The number of aromatic carboxylic acids is 1. The normalized spacial score (nSPS) is 14.6. The molecular formula is C21H22N2O4. The molecule has 0 atom stereocenters. The number of rotatable bonds is 5. The Labute approximate surface area is 157 Å². The predicted octanol–water partition coefficient (Wildman–Crippen LogP) is 2.55. The fourth-order valence-corrected chi connectivity index (χ4v) is 3.21. The Kier molecular flexibility index (Phi) is 5.86. The lowest BCUT2D eigenvalue weighted by molar-refractivity contribution is -0.126. The van der Waals surface area contributed by atoms with Crippen molar-refractivity contribution in [3.63, 3.8) is 0 Å². The minimum absolute atomic E-state index is 0.0248. The van der Waals surface area contributed by atoms with Crippen LogP contribution < -0.4 is 5.32 Å². The Bertz CT molecular complexity index is 810. The molecule has 1 saturated heterocycles. The summed E-state index contributed by atoms with van der Waals surface area (Å²) in [6, 6.07) is 15.7. The minimum Gasteiger partial charge on any atom is -0.478 e. The van der Waals surface area contributed by atoms with Gasteiger partial charge in [0.1, 0.15) is 0 Å². The standard InChI is InChI=1S/C21H22N2O4/c24-19(22-14-15-4-2-1-3-5-15)16-10-12-23(13-11-16)20(25)17-6-8-18(9-7-17)21(26)27/h1-9,16H,10-14H2,(H,22,24)(H,26,27). The fraction of sp³-hybridized carbons (Fsp3) is 0.286. The van der Waals surface area contributed by atoms with Crippen molar-refractivity contribution in [3.8, 4) is 0 Å². The number of carboxylic acids is 1. The SMILES string of the molecule is O=C(O)c1ccc(C(=O)N2CCC(C(=O)NCc3ccccc3)CC2)cc1. The third-order valence-electron chi connectivity index (χ3n) is 4.84. The maximum absolute atomic E-state index is 12.5. The Hall–Kier alpha value is -3.15. The third kappa shape index (κ3) is 4.73. The van der Waals surface area contributed by atoms with Gasteiger partial charge in [-0.05, 0) is 42.7 Å². The molecule has 0 unspecified atom stereocenters. The van der Waals surface area contributed by atoms with E-state index in [1.807, 2.05) is 30.3 Å². The smallest absolute Gasteiger partial charge is 0.335 e. The maximum atomic E-state index is 12.5. The second-order valence-electron chi connectivity index (χ2n) is 6.65. The van der Waals surface area contributed by atoms with Crippen LogP contribution in [0.5, 0.6) is 0 Å². The first-order chi connectivity index (χ1) is 13.0. The summed E-state index contributed by atoms with van der Waals surface area (Å²) < 4.78 is 0. The third-order valence-corrected chi connectivity index (χ3v) is 4.84. The molecule has 0 bridgehead atoms. The lowest BCUT2D eigenvalue weighted by Gasteiger charge is -2.31. The molecule has 1 aliphatic rings. The number of nitrogens with zero attached hydrogens (tertiary/aromatic N) is 1. The summed E-state index contributed by atoms with van der Waals surface area (Å²) in [6.45, 7) is 1.54. The monoisotopic (exact) mass is 366 g/mol. The van der Waals surface area contributed by atoms with Gasteiger partial charge in [0.25, 0.3) is 5.91 Å². The van der Waals surface area contributed by atoms with E-state index in [0.717, 1.165) is 5.56 Å². The number of hydrogen-bond acceptors (Lipinski definition) is 3. The van der Waals surface area contributed by atoms with Crippen molar-refractivity contribution < 1.29 is 19.5 Å². The fourth-order valence-electron chi connectivity index (χ4n) is 3.21. The van der Waals surface area contributed by atoms with Crippen LogP contribution in [0.25, 0.3) is 0 Å². The van der Waals surface area contributed by atoms with Crippen LogP contribution in [0.1, 0.15) is 39.1 Å². The van der Waals surface area contributed by atoms with Gasteiger partial charge in [0.05, 0.1) is 5.56 Å². The van der Waals surface area contributed by atoms with Gasteiger partial charge in [-0.3, -0.25) is 9.59 Å². The van der Waals surface area contributed by atoms with Gasteiger partial charge >= 0.3 is 5.97 Å². The Balaban J connectivity index is 1.49. The van der Waals surface area contributed by atoms with E-state index < -0.39 is 5.97 Å². The summed E-state index contributed by atoms with van der Waals surface area (Å²) >= 11 is 0. The number of amides is 2. The average Bonchev–Trinajstić information content (AvgIpc) is 2.72. The molecule has 3 rings (SSSR count). The van der Waals surface area contributed by atoms with E-state index in [-0.39, 0.29) is 23.3 Å². The van der Waals surface area contributed by atoms with Gasteiger partial charge in [-0.25, -0.2) is 4.79 Å². The molecule has 2 aromatic carbocycles. The largest absolute Gasteiger partial charge is 0.478 e. The first-order valence-corrected chi connectivity index (χ1v) is 8.99. The second kappa shape index (κ2) is 8.49. The summed E-state index contributed by atoms with van der Waals surface area (Å²) in [5.74, 6) is -1.21. The van der Waals surface area contributed by atoms with Crippen LogP contribution in [0.3, 0.4) is 0 Å². The van der Waals surface area contributed by atoms with Gasteiger partial charge < -0.3 is 15.3 Å². The summed E-state index contributed by atoms with van der Waals surface area (Å²) in [6.07, 6.45) is 1.25. The number of hydrogen-bond donors (Lipinski definition) is 2. The molecule has 2 N–H and O–H groups in total. The highest BCUT2D eigenvalue weighted by Gasteiger charge is 2.27. The van der Waals surface area contributed by atoms with Gasteiger partial charge in [0, 0.05) is 31.1 Å². The van der Waals surface area contributed by atoms with Crippen LogP contribution in [0.15, 0.2) is 54.6 Å². The number of benzene rings is 2. The van der Waals surface area contributed by atoms with Crippen molar-refractivity contribution in [1.82, 2.24) is 10.2 Å². The number of piperidine rings is 1. The van der Waals surface area contributed by atoms with E-state index in [0.29, 0.717) is 38.0 Å². The van der Waals surface area contributed by atoms with E-state index in [9.17, 15) is 14.4 Å². The Morgan fingerprint density at radius 2 is 1.52 bits per heavy atom. The van der Waals surface area contributed by atoms with Gasteiger partial charge in [0.15, 0.2) is 0 Å². The van der Waals surface area contributed by atoms with Crippen molar-refractivity contribution in [2.24, 2.45) is 5.92 Å². The molecule has 2 aromatic rings. The van der Waals surface area contributed by atoms with Crippen molar-refractivity contribution in [2.45, 2.75) is 19.4 Å². The molecule has 2 amide bonds. The molecule has 0 radical (unpaired) electrons. The van der Waals surface area contributed by atoms with Crippen LogP contribution in [0.2, 0.25) is 0 Å². The van der Waals surface area contributed by atoms with Crippen LogP contribution in [0.4, 0.5) is 0 Å². The summed E-state index contributed by atoms with van der Waals surface area (Å²) in [5.41, 5.74) is 1.68. The highest BCUT2D eigenvalue weighted by molar-refractivity contribution is 5.96. The van der Waals surface area contributed by atoms with Gasteiger partial charge in [-0.15, -0.1) is 0 Å². The lowest BCUT2D eigenvalue weighted by Crippen LogP contribution is -2.42.